The molecule has 1 rings (SSSR count). The van der Waals surface area contributed by atoms with Gasteiger partial charge in [-0.1, -0.05) is 12.1 Å². The molecule has 0 amide bonds. The van der Waals surface area contributed by atoms with Gasteiger partial charge in [-0.2, -0.15) is 8.78 Å². The van der Waals surface area contributed by atoms with Crippen molar-refractivity contribution in [3.8, 4) is 0 Å². The van der Waals surface area contributed by atoms with E-state index in [-0.39, 0.29) is 5.56 Å². The average Bonchev–Trinajstić information content (AvgIpc) is 2.45. The number of hydrogen-bond donors (Lipinski definition) is 3. The standard InChI is InChI=1S/C16H24F3NO3S/c1-10(20-24(23)14(2,3)4)11-7-6-8-12(13(11)17)16(18,19)15(5,22)9-21/h6-8,10,20-22H,9H2,1-5H3/t10?,15-,24?/m1/s1. The van der Waals surface area contributed by atoms with Gasteiger partial charge in [0.15, 0.2) is 5.60 Å². The van der Waals surface area contributed by atoms with Crippen molar-refractivity contribution in [1.82, 2.24) is 4.72 Å². The molecule has 1 aromatic carbocycles. The number of nitrogens with one attached hydrogen (secondary N) is 1. The van der Waals surface area contributed by atoms with Crippen LogP contribution in [0.5, 0.6) is 0 Å². The molecule has 0 spiro atoms. The number of hydrogen-bond acceptors (Lipinski definition) is 4. The van der Waals surface area contributed by atoms with Crippen molar-refractivity contribution >= 4 is 11.4 Å². The minimum absolute atomic E-state index is 0.0986. The van der Waals surface area contributed by atoms with Gasteiger partial charge < -0.3 is 14.8 Å². The second kappa shape index (κ2) is 7.21. The van der Waals surface area contributed by atoms with Crippen molar-refractivity contribution in [1.29, 1.82) is 0 Å². The van der Waals surface area contributed by atoms with Gasteiger partial charge in [-0.25, -0.2) is 4.39 Å². The lowest BCUT2D eigenvalue weighted by atomic mass is 9.90. The number of aliphatic hydroxyl groups is 2. The van der Waals surface area contributed by atoms with E-state index in [2.05, 4.69) is 4.72 Å². The molecule has 2 unspecified atom stereocenters. The van der Waals surface area contributed by atoms with Crippen LogP contribution in [0.1, 0.15) is 51.8 Å². The Morgan fingerprint density at radius 3 is 2.25 bits per heavy atom. The molecular weight excluding hydrogens is 343 g/mol. The van der Waals surface area contributed by atoms with Crippen molar-refractivity contribution < 1.29 is 27.9 Å². The van der Waals surface area contributed by atoms with E-state index in [0.29, 0.717) is 0 Å². The quantitative estimate of drug-likeness (QED) is 0.676. The van der Waals surface area contributed by atoms with Crippen LogP contribution in [0.3, 0.4) is 0 Å². The molecule has 4 nitrogen and oxygen atoms in total. The topological polar surface area (TPSA) is 75.5 Å². The molecule has 1 aromatic rings. The van der Waals surface area contributed by atoms with Crippen LogP contribution in [0, 0.1) is 5.82 Å². The Morgan fingerprint density at radius 2 is 1.79 bits per heavy atom. The third-order valence-electron chi connectivity index (χ3n) is 3.66. The summed E-state index contributed by atoms with van der Waals surface area (Å²) in [4.78, 5) is 0. The van der Waals surface area contributed by atoms with Crippen LogP contribution in [-0.2, 0) is 17.3 Å². The molecule has 8 heteroatoms. The molecule has 138 valence electrons. The number of rotatable bonds is 6. The summed E-state index contributed by atoms with van der Waals surface area (Å²) in [6.45, 7) is 6.18. The molecular formula is C16H24F3NO3S. The molecule has 0 saturated heterocycles. The Morgan fingerprint density at radius 1 is 1.25 bits per heavy atom. The van der Waals surface area contributed by atoms with Gasteiger partial charge in [0.25, 0.3) is 0 Å². The van der Waals surface area contributed by atoms with Crippen LogP contribution >= 0.6 is 0 Å². The van der Waals surface area contributed by atoms with Crippen molar-refractivity contribution in [3.05, 3.63) is 35.1 Å². The highest BCUT2D eigenvalue weighted by molar-refractivity contribution is 7.90. The summed E-state index contributed by atoms with van der Waals surface area (Å²) in [6.07, 6.45) is 0. The highest BCUT2D eigenvalue weighted by Crippen LogP contribution is 2.41. The van der Waals surface area contributed by atoms with Gasteiger partial charge in [-0.15, -0.1) is 4.72 Å². The first-order valence-corrected chi connectivity index (χ1v) is 8.58. The first-order valence-electron chi connectivity index (χ1n) is 7.43. The summed E-state index contributed by atoms with van der Waals surface area (Å²) in [5, 5.41) is 18.6. The second-order valence-electron chi connectivity index (χ2n) is 6.94. The fraction of sp³-hybridized carbons (Fsp3) is 0.625. The van der Waals surface area contributed by atoms with Crippen LogP contribution in [-0.4, -0.2) is 31.7 Å². The lowest BCUT2D eigenvalue weighted by molar-refractivity contribution is -0.197. The molecule has 3 N–H and O–H groups in total. The van der Waals surface area contributed by atoms with Crippen LogP contribution in [0.4, 0.5) is 13.2 Å². The van der Waals surface area contributed by atoms with Gasteiger partial charge >= 0.3 is 5.92 Å². The number of aliphatic hydroxyl groups excluding tert-OH is 1. The van der Waals surface area contributed by atoms with E-state index in [9.17, 15) is 22.8 Å². The zero-order valence-electron chi connectivity index (χ0n) is 14.4. The fourth-order valence-corrected chi connectivity index (χ4v) is 2.72. The van der Waals surface area contributed by atoms with E-state index in [1.54, 1.807) is 20.8 Å². The van der Waals surface area contributed by atoms with Gasteiger partial charge in [0.05, 0.1) is 18.2 Å². The normalized spacial score (nSPS) is 18.1. The van der Waals surface area contributed by atoms with Gasteiger partial charge in [-0.05, 0) is 40.7 Å². The molecule has 0 radical (unpaired) electrons. The van der Waals surface area contributed by atoms with Gasteiger partial charge in [0.1, 0.15) is 10.6 Å². The van der Waals surface area contributed by atoms with Crippen LogP contribution in [0.25, 0.3) is 0 Å². The summed E-state index contributed by atoms with van der Waals surface area (Å²) in [7, 11) is 0. The molecule has 0 aliphatic heterocycles. The summed E-state index contributed by atoms with van der Waals surface area (Å²) in [5.74, 6) is -5.20. The molecule has 0 aliphatic rings. The van der Waals surface area contributed by atoms with E-state index in [4.69, 9.17) is 5.11 Å². The Hall–Kier alpha value is -0.800. The Balaban J connectivity index is 3.23. The molecule has 0 saturated carbocycles. The van der Waals surface area contributed by atoms with E-state index in [0.717, 1.165) is 13.0 Å². The molecule has 0 fully saturated rings. The predicted molar refractivity (Wildman–Crippen MR) is 87.4 cm³/mol. The van der Waals surface area contributed by atoms with Crippen LogP contribution in [0.15, 0.2) is 18.2 Å². The molecule has 0 heterocycles. The van der Waals surface area contributed by atoms with Crippen molar-refractivity contribution in [2.75, 3.05) is 6.61 Å². The number of alkyl halides is 2. The lowest BCUT2D eigenvalue weighted by Crippen LogP contribution is -2.47. The van der Waals surface area contributed by atoms with E-state index < -0.39 is 51.7 Å². The highest BCUT2D eigenvalue weighted by Gasteiger charge is 2.52. The van der Waals surface area contributed by atoms with Gasteiger partial charge in [0, 0.05) is 16.9 Å². The van der Waals surface area contributed by atoms with Crippen LogP contribution in [0.2, 0.25) is 0 Å². The van der Waals surface area contributed by atoms with Gasteiger partial charge in [-0.3, -0.25) is 0 Å². The SMILES string of the molecule is CC(N[S+]([O-])C(C)(C)C)c1cccc(C(F)(F)[C@](C)(O)CO)c1F. The predicted octanol–water partition coefficient (Wildman–Crippen LogP) is 2.77. The molecule has 3 atom stereocenters. The maximum Gasteiger partial charge on any atom is 0.306 e. The summed E-state index contributed by atoms with van der Waals surface area (Å²) in [5.41, 5.74) is -3.93. The maximum absolute atomic E-state index is 14.6. The van der Waals surface area contributed by atoms with E-state index in [1.807, 2.05) is 0 Å². The highest BCUT2D eigenvalue weighted by atomic mass is 32.2. The second-order valence-corrected chi connectivity index (χ2v) is 8.93. The molecule has 0 aromatic heterocycles. The molecule has 0 bridgehead atoms. The molecule has 0 aliphatic carbocycles. The van der Waals surface area contributed by atoms with E-state index in [1.165, 1.54) is 19.1 Å². The number of halogens is 3. The Kier molecular flexibility index (Phi) is 6.38. The molecule has 24 heavy (non-hydrogen) atoms. The Labute approximate surface area is 143 Å². The average molecular weight is 367 g/mol. The summed E-state index contributed by atoms with van der Waals surface area (Å²) >= 11 is -1.52. The van der Waals surface area contributed by atoms with Crippen molar-refractivity contribution in [3.63, 3.8) is 0 Å². The smallest absolute Gasteiger partial charge is 0.306 e. The zero-order valence-corrected chi connectivity index (χ0v) is 15.2. The first-order chi connectivity index (χ1) is 10.8. The van der Waals surface area contributed by atoms with Crippen molar-refractivity contribution in [2.45, 2.75) is 56.9 Å². The maximum atomic E-state index is 14.6. The Bertz CT molecular complexity index is 576. The zero-order chi connectivity index (χ0) is 18.9. The lowest BCUT2D eigenvalue weighted by Gasteiger charge is -2.32. The fourth-order valence-electron chi connectivity index (χ4n) is 1.92. The largest absolute Gasteiger partial charge is 0.598 e. The summed E-state index contributed by atoms with van der Waals surface area (Å²) < 4.78 is 57.5. The minimum Gasteiger partial charge on any atom is -0.598 e. The first kappa shape index (κ1) is 21.2. The third kappa shape index (κ3) is 4.23. The monoisotopic (exact) mass is 367 g/mol. The van der Waals surface area contributed by atoms with Crippen molar-refractivity contribution in [2.24, 2.45) is 0 Å². The third-order valence-corrected chi connectivity index (χ3v) is 5.34. The van der Waals surface area contributed by atoms with Gasteiger partial charge in [0.2, 0.25) is 0 Å². The summed E-state index contributed by atoms with van der Waals surface area (Å²) in [6, 6.07) is 2.60. The number of benzene rings is 1. The van der Waals surface area contributed by atoms with Crippen LogP contribution < -0.4 is 4.72 Å². The minimum atomic E-state index is -4.00. The van der Waals surface area contributed by atoms with E-state index >= 15 is 0 Å².